The molecule has 0 spiro atoms. The highest BCUT2D eigenvalue weighted by Crippen LogP contribution is 2.20. The molecule has 7 heteroatoms. The molecule has 128 valence electrons. The lowest BCUT2D eigenvalue weighted by atomic mass is 10.1. The topological polar surface area (TPSA) is 54.2 Å². The molecule has 2 N–H and O–H groups in total. The lowest BCUT2D eigenvalue weighted by Crippen LogP contribution is -2.38. The van der Waals surface area contributed by atoms with Gasteiger partial charge >= 0.3 is 0 Å². The van der Waals surface area contributed by atoms with Crippen molar-refractivity contribution in [3.63, 3.8) is 0 Å². The monoisotopic (exact) mass is 447 g/mol. The Bertz CT molecular complexity index is 579. The Labute approximate surface area is 159 Å². The minimum atomic E-state index is 0. The molecule has 2 heterocycles. The number of hydrogen-bond donors (Lipinski definition) is 2. The zero-order valence-electron chi connectivity index (χ0n) is 14.0. The molecule has 1 unspecified atom stereocenters. The molecular weight excluding hydrogens is 421 g/mol. The normalized spacial score (nSPS) is 12.6. The van der Waals surface area contributed by atoms with Gasteiger partial charge in [0.15, 0.2) is 5.96 Å². The SMILES string of the molecule is CCNC(=NCC(C)c1cccs1)NCCc1cnn(C)c1.I. The van der Waals surface area contributed by atoms with Crippen LogP contribution >= 0.6 is 35.3 Å². The van der Waals surface area contributed by atoms with Crippen LogP contribution in [0, 0.1) is 0 Å². The molecule has 0 aliphatic heterocycles. The molecule has 1 atom stereocenters. The fourth-order valence-electron chi connectivity index (χ4n) is 2.16. The third-order valence-corrected chi connectivity index (χ3v) is 4.46. The van der Waals surface area contributed by atoms with Gasteiger partial charge in [-0.15, -0.1) is 35.3 Å². The maximum absolute atomic E-state index is 4.69. The Morgan fingerprint density at radius 3 is 2.87 bits per heavy atom. The molecule has 0 radical (unpaired) electrons. The van der Waals surface area contributed by atoms with Crippen molar-refractivity contribution in [1.82, 2.24) is 20.4 Å². The van der Waals surface area contributed by atoms with E-state index >= 15 is 0 Å². The summed E-state index contributed by atoms with van der Waals surface area (Å²) in [4.78, 5) is 6.07. The number of hydrogen-bond acceptors (Lipinski definition) is 3. The predicted octanol–water partition coefficient (Wildman–Crippen LogP) is 3.00. The number of guanidine groups is 1. The smallest absolute Gasteiger partial charge is 0.191 e. The van der Waals surface area contributed by atoms with E-state index in [9.17, 15) is 0 Å². The van der Waals surface area contributed by atoms with Crippen LogP contribution in [0.4, 0.5) is 0 Å². The van der Waals surface area contributed by atoms with Gasteiger partial charge in [0, 0.05) is 37.1 Å². The molecular formula is C16H26IN5S. The fraction of sp³-hybridized carbons (Fsp3) is 0.500. The Kier molecular flexibility index (Phi) is 9.23. The zero-order chi connectivity index (χ0) is 15.8. The molecule has 0 amide bonds. The number of thiophene rings is 1. The lowest BCUT2D eigenvalue weighted by Gasteiger charge is -2.12. The number of aliphatic imine (C=N–C) groups is 1. The van der Waals surface area contributed by atoms with Crippen molar-refractivity contribution in [3.05, 3.63) is 40.3 Å². The van der Waals surface area contributed by atoms with E-state index in [0.29, 0.717) is 5.92 Å². The number of aryl methyl sites for hydroxylation is 1. The van der Waals surface area contributed by atoms with Crippen LogP contribution in [0.25, 0.3) is 0 Å². The summed E-state index contributed by atoms with van der Waals surface area (Å²) in [5.41, 5.74) is 1.23. The third-order valence-electron chi connectivity index (χ3n) is 3.36. The molecule has 0 saturated heterocycles. The van der Waals surface area contributed by atoms with Crippen molar-refractivity contribution in [2.24, 2.45) is 12.0 Å². The van der Waals surface area contributed by atoms with Crippen molar-refractivity contribution < 1.29 is 0 Å². The molecule has 0 fully saturated rings. The average Bonchev–Trinajstić information content (AvgIpc) is 3.16. The molecule has 23 heavy (non-hydrogen) atoms. The van der Waals surface area contributed by atoms with Gasteiger partial charge in [0.1, 0.15) is 0 Å². The number of rotatable bonds is 7. The molecule has 0 aliphatic carbocycles. The van der Waals surface area contributed by atoms with E-state index in [1.165, 1.54) is 10.4 Å². The van der Waals surface area contributed by atoms with E-state index in [0.717, 1.165) is 32.0 Å². The standard InChI is InChI=1S/C16H25N5S.HI/c1-4-17-16(18-8-7-14-11-20-21(3)12-14)19-10-13(2)15-6-5-9-22-15;/h5-6,9,11-13H,4,7-8,10H2,1-3H3,(H2,17,18,19);1H. The summed E-state index contributed by atoms with van der Waals surface area (Å²) in [5, 5.41) is 13.0. The molecule has 0 aliphatic rings. The first kappa shape index (κ1) is 20.0. The van der Waals surface area contributed by atoms with Gasteiger partial charge in [-0.05, 0) is 30.4 Å². The van der Waals surface area contributed by atoms with Gasteiger partial charge in [0.25, 0.3) is 0 Å². The average molecular weight is 447 g/mol. The summed E-state index contributed by atoms with van der Waals surface area (Å²) in [6.45, 7) is 6.81. The summed E-state index contributed by atoms with van der Waals surface area (Å²) in [5.74, 6) is 1.34. The highest BCUT2D eigenvalue weighted by molar-refractivity contribution is 14.0. The van der Waals surface area contributed by atoms with Gasteiger partial charge in [-0.25, -0.2) is 0 Å². The van der Waals surface area contributed by atoms with E-state index in [-0.39, 0.29) is 24.0 Å². The Hall–Kier alpha value is -1.09. The second-order valence-corrected chi connectivity index (χ2v) is 6.31. The van der Waals surface area contributed by atoms with Crippen LogP contribution in [-0.2, 0) is 13.5 Å². The van der Waals surface area contributed by atoms with Crippen LogP contribution in [0.5, 0.6) is 0 Å². The second-order valence-electron chi connectivity index (χ2n) is 5.34. The zero-order valence-corrected chi connectivity index (χ0v) is 17.1. The van der Waals surface area contributed by atoms with Crippen molar-refractivity contribution in [2.75, 3.05) is 19.6 Å². The van der Waals surface area contributed by atoms with Gasteiger partial charge in [-0.1, -0.05) is 13.0 Å². The van der Waals surface area contributed by atoms with Gasteiger partial charge in [0.2, 0.25) is 0 Å². The highest BCUT2D eigenvalue weighted by Gasteiger charge is 2.06. The summed E-state index contributed by atoms with van der Waals surface area (Å²) in [6.07, 6.45) is 4.90. The number of nitrogens with one attached hydrogen (secondary N) is 2. The lowest BCUT2D eigenvalue weighted by molar-refractivity contribution is 0.753. The summed E-state index contributed by atoms with van der Waals surface area (Å²) in [7, 11) is 1.94. The molecule has 0 saturated carbocycles. The molecule has 5 nitrogen and oxygen atoms in total. The quantitative estimate of drug-likeness (QED) is 0.390. The van der Waals surface area contributed by atoms with Gasteiger partial charge in [-0.3, -0.25) is 9.67 Å². The Morgan fingerprint density at radius 1 is 1.43 bits per heavy atom. The minimum absolute atomic E-state index is 0. The molecule has 2 aromatic heterocycles. The number of aromatic nitrogens is 2. The minimum Gasteiger partial charge on any atom is -0.357 e. The van der Waals surface area contributed by atoms with Crippen molar-refractivity contribution >= 4 is 41.3 Å². The molecule has 2 aromatic rings. The first-order valence-corrected chi connectivity index (χ1v) is 8.60. The second kappa shape index (κ2) is 10.6. The maximum atomic E-state index is 4.69. The Balaban J connectivity index is 0.00000264. The molecule has 0 bridgehead atoms. The van der Waals surface area contributed by atoms with Crippen molar-refractivity contribution in [2.45, 2.75) is 26.2 Å². The van der Waals surface area contributed by atoms with Crippen molar-refractivity contribution in [3.8, 4) is 0 Å². The maximum Gasteiger partial charge on any atom is 0.191 e. The van der Waals surface area contributed by atoms with Crippen LogP contribution < -0.4 is 10.6 Å². The third kappa shape index (κ3) is 6.90. The van der Waals surface area contributed by atoms with E-state index in [2.05, 4.69) is 52.1 Å². The molecule has 0 aromatic carbocycles. The summed E-state index contributed by atoms with van der Waals surface area (Å²) in [6, 6.07) is 4.27. The molecule has 2 rings (SSSR count). The van der Waals surface area contributed by atoms with Crippen molar-refractivity contribution in [1.29, 1.82) is 0 Å². The van der Waals surface area contributed by atoms with Gasteiger partial charge in [0.05, 0.1) is 12.7 Å². The van der Waals surface area contributed by atoms with Crippen LogP contribution in [0.3, 0.4) is 0 Å². The van der Waals surface area contributed by atoms with Crippen LogP contribution in [0.1, 0.15) is 30.2 Å². The van der Waals surface area contributed by atoms with Gasteiger partial charge in [-0.2, -0.15) is 5.10 Å². The first-order valence-electron chi connectivity index (χ1n) is 7.72. The number of halogens is 1. The van der Waals surface area contributed by atoms with E-state index in [1.54, 1.807) is 11.3 Å². The van der Waals surface area contributed by atoms with Crippen LogP contribution in [0.15, 0.2) is 34.9 Å². The largest absolute Gasteiger partial charge is 0.357 e. The van der Waals surface area contributed by atoms with Gasteiger partial charge < -0.3 is 10.6 Å². The first-order chi connectivity index (χ1) is 10.7. The van der Waals surface area contributed by atoms with Crippen LogP contribution in [0.2, 0.25) is 0 Å². The van der Waals surface area contributed by atoms with Crippen LogP contribution in [-0.4, -0.2) is 35.4 Å². The highest BCUT2D eigenvalue weighted by atomic mass is 127. The van der Waals surface area contributed by atoms with E-state index in [4.69, 9.17) is 0 Å². The summed E-state index contributed by atoms with van der Waals surface area (Å²) >= 11 is 1.79. The van der Waals surface area contributed by atoms with E-state index in [1.807, 2.05) is 24.1 Å². The number of nitrogens with zero attached hydrogens (tertiary/aromatic N) is 3. The predicted molar refractivity (Wildman–Crippen MR) is 109 cm³/mol. The summed E-state index contributed by atoms with van der Waals surface area (Å²) < 4.78 is 1.83. The fourth-order valence-corrected chi connectivity index (χ4v) is 2.94. The Morgan fingerprint density at radius 2 is 2.26 bits per heavy atom. The van der Waals surface area contributed by atoms with E-state index < -0.39 is 0 Å².